The van der Waals surface area contributed by atoms with Crippen LogP contribution in [-0.4, -0.2) is 44.1 Å². The highest BCUT2D eigenvalue weighted by Crippen LogP contribution is 2.33. The maximum atomic E-state index is 12.4. The van der Waals surface area contributed by atoms with Gasteiger partial charge in [-0.1, -0.05) is 0 Å². The second-order valence-electron chi connectivity index (χ2n) is 7.43. The van der Waals surface area contributed by atoms with E-state index in [1.807, 2.05) is 20.8 Å². The number of hydrogen-bond acceptors (Lipinski definition) is 5. The first kappa shape index (κ1) is 16.7. The van der Waals surface area contributed by atoms with Crippen molar-refractivity contribution in [2.75, 3.05) is 6.54 Å². The molecule has 0 saturated carbocycles. The Morgan fingerprint density at radius 3 is 2.88 bits per heavy atom. The molecule has 24 heavy (non-hydrogen) atoms. The normalized spacial score (nSPS) is 21.5. The maximum Gasteiger partial charge on any atom is 0.410 e. The molecule has 1 fully saturated rings. The third kappa shape index (κ3) is 3.21. The second-order valence-corrected chi connectivity index (χ2v) is 7.43. The van der Waals surface area contributed by atoms with E-state index >= 15 is 0 Å². The number of likely N-dealkylation sites (tertiary alicyclic amines) is 1. The summed E-state index contributed by atoms with van der Waals surface area (Å²) in [5.74, 6) is 0.229. The Morgan fingerprint density at radius 2 is 2.21 bits per heavy atom. The van der Waals surface area contributed by atoms with Crippen LogP contribution in [0.4, 0.5) is 4.79 Å². The largest absolute Gasteiger partial charge is 0.444 e. The molecule has 0 aromatic carbocycles. The summed E-state index contributed by atoms with van der Waals surface area (Å²) in [7, 11) is 0. The minimum Gasteiger partial charge on any atom is -0.444 e. The third-order valence-corrected chi connectivity index (χ3v) is 4.36. The number of carbonyl (C=O) groups excluding carboxylic acids is 1. The molecule has 2 atom stereocenters. The summed E-state index contributed by atoms with van der Waals surface area (Å²) in [5, 5.41) is 0.957. The molecule has 3 N–H and O–H groups in total. The Bertz CT molecular complexity index is 749. The van der Waals surface area contributed by atoms with Crippen LogP contribution in [0.3, 0.4) is 0 Å². The van der Waals surface area contributed by atoms with Gasteiger partial charge in [-0.05, 0) is 40.2 Å². The summed E-state index contributed by atoms with van der Waals surface area (Å²) >= 11 is 0. The number of aromatic amines is 1. The van der Waals surface area contributed by atoms with Gasteiger partial charge >= 0.3 is 6.09 Å². The Balaban J connectivity index is 1.81. The van der Waals surface area contributed by atoms with Crippen molar-refractivity contribution in [3.05, 3.63) is 23.8 Å². The average molecular weight is 331 g/mol. The summed E-state index contributed by atoms with van der Waals surface area (Å²) in [6.45, 7) is 8.71. The minimum atomic E-state index is -0.485. The highest BCUT2D eigenvalue weighted by atomic mass is 16.6. The van der Waals surface area contributed by atoms with E-state index in [0.29, 0.717) is 13.1 Å². The van der Waals surface area contributed by atoms with E-state index in [1.54, 1.807) is 4.90 Å². The van der Waals surface area contributed by atoms with Gasteiger partial charge in [0.15, 0.2) is 0 Å². The van der Waals surface area contributed by atoms with Crippen molar-refractivity contribution >= 4 is 17.1 Å². The van der Waals surface area contributed by atoms with Gasteiger partial charge in [0.2, 0.25) is 0 Å². The quantitative estimate of drug-likeness (QED) is 0.881. The molecular weight excluding hydrogens is 306 g/mol. The summed E-state index contributed by atoms with van der Waals surface area (Å²) < 4.78 is 5.51. The van der Waals surface area contributed by atoms with E-state index < -0.39 is 5.60 Å². The van der Waals surface area contributed by atoms with Gasteiger partial charge in [0.05, 0.1) is 5.69 Å². The Hall–Kier alpha value is -2.15. The van der Waals surface area contributed by atoms with E-state index in [9.17, 15) is 4.79 Å². The molecule has 1 unspecified atom stereocenters. The maximum absolute atomic E-state index is 12.4. The number of hydrogen-bond donors (Lipinski definition) is 2. The van der Waals surface area contributed by atoms with Gasteiger partial charge in [-0.2, -0.15) is 0 Å². The van der Waals surface area contributed by atoms with Crippen molar-refractivity contribution in [2.24, 2.45) is 5.73 Å². The van der Waals surface area contributed by atoms with E-state index in [4.69, 9.17) is 10.5 Å². The minimum absolute atomic E-state index is 0.135. The van der Waals surface area contributed by atoms with Gasteiger partial charge in [0.1, 0.15) is 17.6 Å². The van der Waals surface area contributed by atoms with Gasteiger partial charge in [-0.3, -0.25) is 0 Å². The zero-order valence-electron chi connectivity index (χ0n) is 14.7. The predicted molar refractivity (Wildman–Crippen MR) is 91.5 cm³/mol. The fraction of sp³-hybridized carbons (Fsp3) is 0.588. The monoisotopic (exact) mass is 331 g/mol. The average Bonchev–Trinajstić information content (AvgIpc) is 3.08. The first-order chi connectivity index (χ1) is 11.3. The van der Waals surface area contributed by atoms with E-state index in [1.165, 1.54) is 6.33 Å². The molecule has 7 nitrogen and oxygen atoms in total. The van der Waals surface area contributed by atoms with Crippen molar-refractivity contribution in [1.29, 1.82) is 0 Å². The molecule has 1 aliphatic rings. The van der Waals surface area contributed by atoms with Gasteiger partial charge in [0.25, 0.3) is 0 Å². The molecule has 1 saturated heterocycles. The Morgan fingerprint density at radius 1 is 1.46 bits per heavy atom. The van der Waals surface area contributed by atoms with Crippen LogP contribution in [-0.2, 0) is 11.3 Å². The topological polar surface area (TPSA) is 97.1 Å². The van der Waals surface area contributed by atoms with Crippen LogP contribution < -0.4 is 5.73 Å². The van der Waals surface area contributed by atoms with Crippen LogP contribution in [0.15, 0.2) is 12.4 Å². The first-order valence-corrected chi connectivity index (χ1v) is 8.30. The highest BCUT2D eigenvalue weighted by Gasteiger charge is 2.36. The number of ether oxygens (including phenoxy) is 1. The number of rotatable bonds is 2. The van der Waals surface area contributed by atoms with Crippen LogP contribution in [0.1, 0.15) is 51.4 Å². The molecule has 0 spiro atoms. The number of nitrogens with zero attached hydrogens (tertiary/aromatic N) is 3. The lowest BCUT2D eigenvalue weighted by Gasteiger charge is -2.26. The van der Waals surface area contributed by atoms with Gasteiger partial charge in [-0.25, -0.2) is 14.8 Å². The zero-order chi connectivity index (χ0) is 17.5. The fourth-order valence-corrected chi connectivity index (χ4v) is 3.23. The number of aromatic nitrogens is 3. The van der Waals surface area contributed by atoms with Crippen molar-refractivity contribution < 1.29 is 9.53 Å². The molecule has 0 aliphatic carbocycles. The van der Waals surface area contributed by atoms with Crippen LogP contribution >= 0.6 is 0 Å². The fourth-order valence-electron chi connectivity index (χ4n) is 3.23. The number of H-pyrrole nitrogens is 1. The van der Waals surface area contributed by atoms with E-state index in [0.717, 1.165) is 28.8 Å². The molecule has 2 aromatic rings. The molecule has 2 aromatic heterocycles. The first-order valence-electron chi connectivity index (χ1n) is 8.30. The Labute approximate surface area is 141 Å². The van der Waals surface area contributed by atoms with E-state index in [2.05, 4.69) is 27.9 Å². The highest BCUT2D eigenvalue weighted by molar-refractivity contribution is 5.79. The Kier molecular flexibility index (Phi) is 4.21. The SMILES string of the molecule is C[C@H]1CC(c2cc3c(CN)ncnc3[nH]2)CN1C(=O)OC(C)(C)C. The lowest BCUT2D eigenvalue weighted by atomic mass is 10.0. The molecule has 1 aliphatic heterocycles. The standard InChI is InChI=1S/C17H25N5O2/c1-10-5-11(8-22(10)16(23)24-17(2,3)4)13-6-12-14(7-18)19-9-20-15(12)21-13/h6,9-11H,5,7-8,18H2,1-4H3,(H,19,20,21)/t10-,11?/m0/s1. The number of fused-ring (bicyclic) bond motifs is 1. The number of carbonyl (C=O) groups is 1. The van der Waals surface area contributed by atoms with Crippen LogP contribution in [0.25, 0.3) is 11.0 Å². The third-order valence-electron chi connectivity index (χ3n) is 4.36. The van der Waals surface area contributed by atoms with Gasteiger partial charge in [0, 0.05) is 36.1 Å². The molecule has 3 rings (SSSR count). The number of nitrogens with one attached hydrogen (secondary N) is 1. The van der Waals surface area contributed by atoms with Crippen molar-refractivity contribution in [3.8, 4) is 0 Å². The number of amides is 1. The lowest BCUT2D eigenvalue weighted by Crippen LogP contribution is -2.38. The van der Waals surface area contributed by atoms with Gasteiger partial charge < -0.3 is 20.4 Å². The van der Waals surface area contributed by atoms with Gasteiger partial charge in [-0.15, -0.1) is 0 Å². The molecule has 3 heterocycles. The zero-order valence-corrected chi connectivity index (χ0v) is 14.7. The molecule has 1 amide bonds. The molecule has 130 valence electrons. The summed E-state index contributed by atoms with van der Waals surface area (Å²) in [4.78, 5) is 26.0. The second kappa shape index (κ2) is 6.05. The smallest absolute Gasteiger partial charge is 0.410 e. The predicted octanol–water partition coefficient (Wildman–Crippen LogP) is 2.53. The van der Waals surface area contributed by atoms with Crippen molar-refractivity contribution in [3.63, 3.8) is 0 Å². The van der Waals surface area contributed by atoms with Crippen molar-refractivity contribution in [2.45, 2.75) is 58.2 Å². The summed E-state index contributed by atoms with van der Waals surface area (Å²) in [5.41, 5.74) is 7.96. The number of nitrogens with two attached hydrogens (primary N) is 1. The summed E-state index contributed by atoms with van der Waals surface area (Å²) in [6.07, 6.45) is 2.16. The van der Waals surface area contributed by atoms with Crippen LogP contribution in [0, 0.1) is 0 Å². The molecule has 0 radical (unpaired) electrons. The van der Waals surface area contributed by atoms with E-state index in [-0.39, 0.29) is 18.1 Å². The molecule has 0 bridgehead atoms. The summed E-state index contributed by atoms with van der Waals surface area (Å²) in [6, 6.07) is 2.20. The molecule has 7 heteroatoms. The van der Waals surface area contributed by atoms with Crippen LogP contribution in [0.5, 0.6) is 0 Å². The van der Waals surface area contributed by atoms with Crippen LogP contribution in [0.2, 0.25) is 0 Å². The van der Waals surface area contributed by atoms with Crippen molar-refractivity contribution in [1.82, 2.24) is 19.9 Å². The lowest BCUT2D eigenvalue weighted by molar-refractivity contribution is 0.0237. The molecular formula is C17H25N5O2.